The van der Waals surface area contributed by atoms with Gasteiger partial charge in [0.2, 0.25) is 6.79 Å². The van der Waals surface area contributed by atoms with Crippen LogP contribution in [0.4, 0.5) is 0 Å². The Morgan fingerprint density at radius 2 is 2.07 bits per heavy atom. The highest BCUT2D eigenvalue weighted by molar-refractivity contribution is 5.92. The summed E-state index contributed by atoms with van der Waals surface area (Å²) in [6.45, 7) is 3.32. The number of amides is 1. The van der Waals surface area contributed by atoms with Gasteiger partial charge in [-0.05, 0) is 31.2 Å². The summed E-state index contributed by atoms with van der Waals surface area (Å²) in [4.78, 5) is 14.7. The lowest BCUT2D eigenvalue weighted by atomic mass is 10.0. The summed E-state index contributed by atoms with van der Waals surface area (Å²) >= 11 is 0. The van der Waals surface area contributed by atoms with Crippen molar-refractivity contribution in [2.45, 2.75) is 19.9 Å². The van der Waals surface area contributed by atoms with Gasteiger partial charge in [0.1, 0.15) is 0 Å². The third-order valence-electron chi connectivity index (χ3n) is 5.20. The predicted molar refractivity (Wildman–Crippen MR) is 96.5 cm³/mol. The second-order valence-electron chi connectivity index (χ2n) is 6.87. The molecule has 3 aromatic rings. The standard InChI is InChI=1S/C19H19N5O3/c1-11-7-15(22-23(11)2)19(25)24-6-5-14-13(9-24)18(21-20-14)12-3-4-16-17(8-12)27-10-26-16/h3-4,7-8H,5-6,9-10H2,1-2H3,(H,20,21). The molecule has 1 amide bonds. The Kier molecular flexibility index (Phi) is 3.46. The van der Waals surface area contributed by atoms with Crippen molar-refractivity contribution in [2.75, 3.05) is 13.3 Å². The Labute approximate surface area is 155 Å². The van der Waals surface area contributed by atoms with Gasteiger partial charge in [-0.25, -0.2) is 0 Å². The monoisotopic (exact) mass is 365 g/mol. The summed E-state index contributed by atoms with van der Waals surface area (Å²) < 4.78 is 12.6. The minimum Gasteiger partial charge on any atom is -0.454 e. The van der Waals surface area contributed by atoms with Crippen LogP contribution in [-0.2, 0) is 20.0 Å². The number of fused-ring (bicyclic) bond motifs is 2. The molecule has 2 aliphatic heterocycles. The normalized spacial score (nSPS) is 15.1. The summed E-state index contributed by atoms with van der Waals surface area (Å²) in [6.07, 6.45) is 0.741. The van der Waals surface area contributed by atoms with E-state index in [1.54, 1.807) is 4.68 Å². The topological polar surface area (TPSA) is 85.3 Å². The first kappa shape index (κ1) is 15.9. The van der Waals surface area contributed by atoms with Crippen LogP contribution in [-0.4, -0.2) is 44.1 Å². The fourth-order valence-corrected chi connectivity index (χ4v) is 3.58. The van der Waals surface area contributed by atoms with Crippen LogP contribution < -0.4 is 9.47 Å². The van der Waals surface area contributed by atoms with Crippen molar-refractivity contribution in [1.82, 2.24) is 24.9 Å². The summed E-state index contributed by atoms with van der Waals surface area (Å²) in [5, 5.41) is 11.9. The van der Waals surface area contributed by atoms with E-state index in [0.717, 1.165) is 46.1 Å². The maximum Gasteiger partial charge on any atom is 0.274 e. The van der Waals surface area contributed by atoms with Crippen molar-refractivity contribution in [1.29, 1.82) is 0 Å². The third kappa shape index (κ3) is 2.56. The van der Waals surface area contributed by atoms with Crippen molar-refractivity contribution in [3.8, 4) is 22.8 Å². The lowest BCUT2D eigenvalue weighted by Crippen LogP contribution is -2.36. The van der Waals surface area contributed by atoms with Crippen molar-refractivity contribution < 1.29 is 14.3 Å². The Morgan fingerprint density at radius 1 is 1.22 bits per heavy atom. The molecule has 0 bridgehead atoms. The number of hydrogen-bond donors (Lipinski definition) is 1. The van der Waals surface area contributed by atoms with Crippen LogP contribution in [0.2, 0.25) is 0 Å². The fraction of sp³-hybridized carbons (Fsp3) is 0.316. The average Bonchev–Trinajstić information content (AvgIpc) is 3.38. The average molecular weight is 365 g/mol. The van der Waals surface area contributed by atoms with Gasteiger partial charge in [-0.3, -0.25) is 14.6 Å². The zero-order valence-corrected chi connectivity index (χ0v) is 15.2. The first-order valence-electron chi connectivity index (χ1n) is 8.86. The summed E-state index contributed by atoms with van der Waals surface area (Å²) in [6, 6.07) is 7.61. The molecule has 0 saturated heterocycles. The largest absolute Gasteiger partial charge is 0.454 e. The van der Waals surface area contributed by atoms with Crippen LogP contribution in [0, 0.1) is 6.92 Å². The van der Waals surface area contributed by atoms with Gasteiger partial charge < -0.3 is 14.4 Å². The van der Waals surface area contributed by atoms with E-state index in [0.29, 0.717) is 18.8 Å². The van der Waals surface area contributed by atoms with Crippen molar-refractivity contribution in [2.24, 2.45) is 7.05 Å². The van der Waals surface area contributed by atoms with Gasteiger partial charge in [-0.2, -0.15) is 10.2 Å². The van der Waals surface area contributed by atoms with Crippen LogP contribution >= 0.6 is 0 Å². The SMILES string of the molecule is Cc1cc(C(=O)N2CCc3[nH]nc(-c4ccc5c(c4)OCO5)c3C2)nn1C. The number of nitrogens with zero attached hydrogens (tertiary/aromatic N) is 4. The maximum absolute atomic E-state index is 12.9. The Bertz CT molecular complexity index is 1030. The second kappa shape index (κ2) is 5.87. The molecule has 1 aromatic carbocycles. The van der Waals surface area contributed by atoms with E-state index in [1.165, 1.54) is 0 Å². The molecule has 27 heavy (non-hydrogen) atoms. The molecule has 0 aliphatic carbocycles. The van der Waals surface area contributed by atoms with Gasteiger partial charge in [-0.1, -0.05) is 0 Å². The van der Waals surface area contributed by atoms with Crippen LogP contribution in [0.5, 0.6) is 11.5 Å². The Balaban J connectivity index is 1.45. The van der Waals surface area contributed by atoms with E-state index in [-0.39, 0.29) is 12.7 Å². The van der Waals surface area contributed by atoms with Crippen LogP contribution in [0.3, 0.4) is 0 Å². The number of carbonyl (C=O) groups is 1. The minimum absolute atomic E-state index is 0.0535. The van der Waals surface area contributed by atoms with Crippen molar-refractivity contribution in [3.05, 3.63) is 46.9 Å². The number of H-pyrrole nitrogens is 1. The number of nitrogens with one attached hydrogen (secondary N) is 1. The van der Waals surface area contributed by atoms with E-state index in [1.807, 2.05) is 43.1 Å². The minimum atomic E-state index is -0.0535. The zero-order chi connectivity index (χ0) is 18.5. The fourth-order valence-electron chi connectivity index (χ4n) is 3.58. The number of ether oxygens (including phenoxy) is 2. The molecule has 2 aliphatic rings. The summed E-state index contributed by atoms with van der Waals surface area (Å²) in [5.74, 6) is 1.41. The molecular weight excluding hydrogens is 346 g/mol. The third-order valence-corrected chi connectivity index (χ3v) is 5.20. The van der Waals surface area contributed by atoms with E-state index in [2.05, 4.69) is 15.3 Å². The second-order valence-corrected chi connectivity index (χ2v) is 6.87. The van der Waals surface area contributed by atoms with Gasteiger partial charge in [-0.15, -0.1) is 0 Å². The molecule has 0 fully saturated rings. The molecule has 0 unspecified atom stereocenters. The van der Waals surface area contributed by atoms with Gasteiger partial charge in [0.15, 0.2) is 17.2 Å². The number of aromatic amines is 1. The van der Waals surface area contributed by atoms with E-state index < -0.39 is 0 Å². The van der Waals surface area contributed by atoms with Crippen LogP contribution in [0.25, 0.3) is 11.3 Å². The molecule has 0 spiro atoms. The Morgan fingerprint density at radius 3 is 2.89 bits per heavy atom. The molecule has 8 heteroatoms. The van der Waals surface area contributed by atoms with Crippen molar-refractivity contribution in [3.63, 3.8) is 0 Å². The number of rotatable bonds is 2. The number of aromatic nitrogens is 4. The van der Waals surface area contributed by atoms with Crippen LogP contribution in [0.1, 0.15) is 27.4 Å². The smallest absolute Gasteiger partial charge is 0.274 e. The summed E-state index contributed by atoms with van der Waals surface area (Å²) in [5.41, 5.74) is 5.34. The quantitative estimate of drug-likeness (QED) is 0.751. The molecule has 5 rings (SSSR count). The highest BCUT2D eigenvalue weighted by Crippen LogP contribution is 2.37. The van der Waals surface area contributed by atoms with E-state index >= 15 is 0 Å². The number of aryl methyl sites for hydroxylation is 2. The molecule has 0 atom stereocenters. The lowest BCUT2D eigenvalue weighted by Gasteiger charge is -2.26. The molecule has 0 saturated carbocycles. The van der Waals surface area contributed by atoms with Gasteiger partial charge in [0.25, 0.3) is 5.91 Å². The molecule has 138 valence electrons. The zero-order valence-electron chi connectivity index (χ0n) is 15.2. The number of carbonyl (C=O) groups excluding carboxylic acids is 1. The highest BCUT2D eigenvalue weighted by Gasteiger charge is 2.28. The molecule has 8 nitrogen and oxygen atoms in total. The van der Waals surface area contributed by atoms with Gasteiger partial charge in [0, 0.05) is 42.5 Å². The molecule has 0 radical (unpaired) electrons. The molecule has 1 N–H and O–H groups in total. The van der Waals surface area contributed by atoms with E-state index in [9.17, 15) is 4.79 Å². The van der Waals surface area contributed by atoms with Crippen LogP contribution in [0.15, 0.2) is 24.3 Å². The maximum atomic E-state index is 12.9. The van der Waals surface area contributed by atoms with Gasteiger partial charge in [0.05, 0.1) is 12.2 Å². The molecule has 2 aromatic heterocycles. The predicted octanol–water partition coefficient (Wildman–Crippen LogP) is 2.05. The highest BCUT2D eigenvalue weighted by atomic mass is 16.7. The van der Waals surface area contributed by atoms with Gasteiger partial charge >= 0.3 is 0 Å². The van der Waals surface area contributed by atoms with Crippen molar-refractivity contribution >= 4 is 5.91 Å². The molecular formula is C19H19N5O3. The Hall–Kier alpha value is -3.29. The molecule has 4 heterocycles. The number of hydrogen-bond acceptors (Lipinski definition) is 5. The first-order valence-corrected chi connectivity index (χ1v) is 8.86. The summed E-state index contributed by atoms with van der Waals surface area (Å²) in [7, 11) is 1.84. The number of benzene rings is 1. The lowest BCUT2D eigenvalue weighted by molar-refractivity contribution is 0.0728. The first-order chi connectivity index (χ1) is 13.1. The van der Waals surface area contributed by atoms with E-state index in [4.69, 9.17) is 9.47 Å².